The maximum Gasteiger partial charge on any atom is 0.474 e. The Morgan fingerprint density at radius 3 is 2.00 bits per heavy atom. The number of phosphoric ester groups is 1. The minimum Gasteiger partial charge on any atom is -0.444 e. The smallest absolute Gasteiger partial charge is 0.444 e. The van der Waals surface area contributed by atoms with E-state index in [2.05, 4.69) is 10.6 Å². The number of ketones is 2. The Kier molecular flexibility index (Phi) is 10.3. The number of Topliss-reactive ketones (excluding diaryl/α,β-unsaturated/α-hetero) is 2. The largest absolute Gasteiger partial charge is 0.474 e. The highest BCUT2D eigenvalue weighted by molar-refractivity contribution is 7.47. The monoisotopic (exact) mass is 617 g/mol. The van der Waals surface area contributed by atoms with E-state index in [0.717, 1.165) is 0 Å². The van der Waals surface area contributed by atoms with Crippen LogP contribution in [0.2, 0.25) is 0 Å². The molecule has 1 fully saturated rings. The van der Waals surface area contributed by atoms with Crippen LogP contribution >= 0.6 is 7.82 Å². The van der Waals surface area contributed by atoms with Crippen molar-refractivity contribution in [2.24, 2.45) is 11.7 Å². The Labute approximate surface area is 249 Å². The summed E-state index contributed by atoms with van der Waals surface area (Å²) < 4.78 is 29.1. The second-order valence-electron chi connectivity index (χ2n) is 11.4. The number of carbonyl (C=O) groups excluding carboxylic acids is 5. The van der Waals surface area contributed by atoms with Gasteiger partial charge in [0.05, 0.1) is 0 Å². The predicted octanol–water partition coefficient (Wildman–Crippen LogP) is 2.92. The van der Waals surface area contributed by atoms with E-state index in [4.69, 9.17) is 19.5 Å². The lowest BCUT2D eigenvalue weighted by Crippen LogP contribution is -2.64. The first kappa shape index (κ1) is 33.6. The van der Waals surface area contributed by atoms with E-state index in [9.17, 15) is 33.4 Å². The fraction of sp³-hybridized carbons (Fsp3) is 0.414. The lowest BCUT2D eigenvalue weighted by Gasteiger charge is -2.42. The van der Waals surface area contributed by atoms with Crippen LogP contribution in [0.5, 0.6) is 0 Å². The third-order valence-corrected chi connectivity index (χ3v) is 7.52. The van der Waals surface area contributed by atoms with Crippen LogP contribution in [-0.2, 0) is 27.9 Å². The van der Waals surface area contributed by atoms with Crippen molar-refractivity contribution in [2.75, 3.05) is 0 Å². The molecule has 13 nitrogen and oxygen atoms in total. The molecule has 0 aromatic heterocycles. The van der Waals surface area contributed by atoms with Gasteiger partial charge in [-0.25, -0.2) is 9.36 Å². The number of ether oxygens (including phenoxy) is 1. The van der Waals surface area contributed by atoms with E-state index in [-0.39, 0.29) is 11.1 Å². The Morgan fingerprint density at radius 1 is 0.977 bits per heavy atom. The fourth-order valence-electron chi connectivity index (χ4n) is 4.49. The van der Waals surface area contributed by atoms with Gasteiger partial charge in [0.1, 0.15) is 23.8 Å². The van der Waals surface area contributed by atoms with Gasteiger partial charge in [-0.2, -0.15) is 0 Å². The molecule has 5 unspecified atom stereocenters. The molecule has 1 heterocycles. The quantitative estimate of drug-likeness (QED) is 0.175. The minimum absolute atomic E-state index is 0.0792. The zero-order valence-electron chi connectivity index (χ0n) is 24.4. The van der Waals surface area contributed by atoms with Crippen LogP contribution < -0.4 is 16.4 Å². The van der Waals surface area contributed by atoms with E-state index in [0.29, 0.717) is 0 Å². The van der Waals surface area contributed by atoms with Gasteiger partial charge in [0, 0.05) is 17.5 Å². The van der Waals surface area contributed by atoms with Crippen LogP contribution in [0, 0.1) is 5.92 Å². The van der Waals surface area contributed by atoms with Gasteiger partial charge >= 0.3 is 13.9 Å². The van der Waals surface area contributed by atoms with Crippen molar-refractivity contribution in [1.29, 1.82) is 0 Å². The fourth-order valence-corrected chi connectivity index (χ4v) is 5.70. The molecule has 1 aliphatic rings. The number of primary amides is 1. The number of hydrogen-bond acceptors (Lipinski definition) is 9. The van der Waals surface area contributed by atoms with Crippen molar-refractivity contribution in [3.63, 3.8) is 0 Å². The van der Waals surface area contributed by atoms with Gasteiger partial charge in [0.15, 0.2) is 5.78 Å². The molecule has 5 atom stereocenters. The Hall–Kier alpha value is -3.90. The summed E-state index contributed by atoms with van der Waals surface area (Å²) in [6.45, 7) is 7.94. The zero-order chi connectivity index (χ0) is 32.2. The van der Waals surface area contributed by atoms with E-state index >= 15 is 0 Å². The zero-order valence-corrected chi connectivity index (χ0v) is 25.3. The molecule has 43 heavy (non-hydrogen) atoms. The molecule has 0 aliphatic carbocycles. The predicted molar refractivity (Wildman–Crippen MR) is 154 cm³/mol. The number of benzene rings is 2. The van der Waals surface area contributed by atoms with Gasteiger partial charge in [0.25, 0.3) is 5.91 Å². The van der Waals surface area contributed by atoms with E-state index in [1.165, 1.54) is 36.4 Å². The first-order valence-corrected chi connectivity index (χ1v) is 15.0. The number of nitrogens with one attached hydrogen (secondary N) is 2. The molecule has 0 spiro atoms. The maximum atomic E-state index is 14.0. The van der Waals surface area contributed by atoms with Gasteiger partial charge in [-0.3, -0.25) is 28.2 Å². The topological polar surface area (TPSA) is 200 Å². The molecule has 0 saturated carbocycles. The average Bonchev–Trinajstić information content (AvgIpc) is 2.92. The Bertz CT molecular complexity index is 1410. The van der Waals surface area contributed by atoms with E-state index in [1.54, 1.807) is 58.9 Å². The third kappa shape index (κ3) is 8.35. The van der Waals surface area contributed by atoms with Crippen molar-refractivity contribution in [3.05, 3.63) is 71.8 Å². The standard InChI is InChI=1S/C29H36N3O10P/c1-17(2)21(25(30)35)31-26(36)29(24(34)19-14-10-7-11-15-19)16-20(41-43(38,39)42-29)22(32-27(37)40-28(3,4)5)23(33)18-12-8-6-9-13-18/h6-15,17,20-22H,16H2,1-5H3,(H2,30,35)(H,31,36)(H,32,37)(H,38,39). The number of nitrogens with two attached hydrogens (primary N) is 1. The molecule has 0 bridgehead atoms. The van der Waals surface area contributed by atoms with Crippen LogP contribution in [0.4, 0.5) is 4.79 Å². The van der Waals surface area contributed by atoms with Crippen LogP contribution in [0.3, 0.4) is 0 Å². The summed E-state index contributed by atoms with van der Waals surface area (Å²) in [7, 11) is -5.30. The average molecular weight is 618 g/mol. The molecule has 1 saturated heterocycles. The molecule has 1 aliphatic heterocycles. The number of rotatable bonds is 10. The molecular formula is C29H36N3O10P. The van der Waals surface area contributed by atoms with Gasteiger partial charge in [-0.1, -0.05) is 74.5 Å². The third-order valence-electron chi connectivity index (χ3n) is 6.44. The maximum absolute atomic E-state index is 14.0. The van der Waals surface area contributed by atoms with Gasteiger partial charge in [-0.05, 0) is 26.7 Å². The lowest BCUT2D eigenvalue weighted by atomic mass is 9.83. The van der Waals surface area contributed by atoms with Crippen LogP contribution in [-0.4, -0.2) is 63.8 Å². The summed E-state index contributed by atoms with van der Waals surface area (Å²) in [6, 6.07) is 12.0. The molecule has 14 heteroatoms. The van der Waals surface area contributed by atoms with Crippen LogP contribution in [0.1, 0.15) is 61.8 Å². The summed E-state index contributed by atoms with van der Waals surface area (Å²) in [5.74, 6) is -4.54. The second-order valence-corrected chi connectivity index (χ2v) is 12.7. The van der Waals surface area contributed by atoms with Gasteiger partial charge in [-0.15, -0.1) is 0 Å². The Morgan fingerprint density at radius 2 is 1.51 bits per heavy atom. The van der Waals surface area contributed by atoms with Crippen molar-refractivity contribution in [3.8, 4) is 0 Å². The van der Waals surface area contributed by atoms with Gasteiger partial charge < -0.3 is 26.0 Å². The first-order valence-electron chi connectivity index (χ1n) is 13.5. The number of phosphoric acid groups is 1. The summed E-state index contributed by atoms with van der Waals surface area (Å²) in [5, 5.41) is 4.73. The molecule has 232 valence electrons. The summed E-state index contributed by atoms with van der Waals surface area (Å²) >= 11 is 0. The number of amides is 3. The normalized spacial score (nSPS) is 23.5. The SMILES string of the molecule is CC(C)C(NC(=O)C1(C(=O)c2ccccc2)CC(C(NC(=O)OC(C)(C)C)C(=O)c2ccccc2)OP(=O)(O)O1)C(N)=O. The molecule has 2 aromatic carbocycles. The summed E-state index contributed by atoms with van der Waals surface area (Å²) in [6.07, 6.45) is -3.66. The van der Waals surface area contributed by atoms with E-state index < -0.39 is 79.0 Å². The molecule has 2 aromatic rings. The van der Waals surface area contributed by atoms with Gasteiger partial charge in [0.2, 0.25) is 17.3 Å². The molecule has 3 rings (SSSR count). The van der Waals surface area contributed by atoms with Crippen molar-refractivity contribution in [1.82, 2.24) is 10.6 Å². The first-order chi connectivity index (χ1) is 20.0. The molecule has 3 amide bonds. The van der Waals surface area contributed by atoms with Crippen LogP contribution in [0.15, 0.2) is 60.7 Å². The molecular weight excluding hydrogens is 581 g/mol. The minimum atomic E-state index is -5.30. The van der Waals surface area contributed by atoms with Crippen LogP contribution in [0.25, 0.3) is 0 Å². The van der Waals surface area contributed by atoms with Crippen molar-refractivity contribution in [2.45, 2.75) is 70.4 Å². The second kappa shape index (κ2) is 13.2. The summed E-state index contributed by atoms with van der Waals surface area (Å²) in [4.78, 5) is 77.4. The summed E-state index contributed by atoms with van der Waals surface area (Å²) in [5.41, 5.74) is 1.70. The van der Waals surface area contributed by atoms with Crippen molar-refractivity contribution >= 4 is 37.3 Å². The highest BCUT2D eigenvalue weighted by Crippen LogP contribution is 2.55. The number of alkyl carbamates (subject to hydrolysis) is 1. The lowest BCUT2D eigenvalue weighted by molar-refractivity contribution is -0.144. The number of carbonyl (C=O) groups is 5. The highest BCUT2D eigenvalue weighted by atomic mass is 31.2. The van der Waals surface area contributed by atoms with Crippen molar-refractivity contribution < 1.29 is 47.2 Å². The molecule has 0 radical (unpaired) electrons. The molecule has 5 N–H and O–H groups in total. The highest BCUT2D eigenvalue weighted by Gasteiger charge is 2.60. The Balaban J connectivity index is 2.17. The number of hydrogen-bond donors (Lipinski definition) is 4. The van der Waals surface area contributed by atoms with E-state index in [1.807, 2.05) is 0 Å².